The molecule has 0 atom stereocenters. The molecule has 1 aliphatic rings. The molecule has 2 aromatic carbocycles. The SMILES string of the molecule is CC(C)c1cc(N(CC=Cc2cccc(C#N)c2)S(=O)(=O)CC(=O)O)ccc1OC1CCN(C(=O)OC(C)(C)C)CC1. The molecular weight excluding hydrogens is 558 g/mol. The third kappa shape index (κ3) is 9.24. The summed E-state index contributed by atoms with van der Waals surface area (Å²) in [6.07, 6.45) is 4.07. The number of anilines is 1. The van der Waals surface area contributed by atoms with Gasteiger partial charge in [0, 0.05) is 25.9 Å². The number of piperidine rings is 1. The summed E-state index contributed by atoms with van der Waals surface area (Å²) in [6, 6.07) is 14.0. The lowest BCUT2D eigenvalue weighted by atomic mass is 10.0. The number of hydrogen-bond acceptors (Lipinski definition) is 7. The van der Waals surface area contributed by atoms with E-state index >= 15 is 0 Å². The molecule has 1 N–H and O–H groups in total. The molecule has 1 heterocycles. The molecular formula is C31H39N3O7S. The summed E-state index contributed by atoms with van der Waals surface area (Å²) in [5.74, 6) is -1.91. The molecule has 1 fully saturated rings. The molecule has 42 heavy (non-hydrogen) atoms. The summed E-state index contributed by atoms with van der Waals surface area (Å²) in [5, 5.41) is 18.4. The Bertz CT molecular complexity index is 1450. The van der Waals surface area contributed by atoms with E-state index in [0.29, 0.717) is 48.5 Å². The fourth-order valence-corrected chi connectivity index (χ4v) is 5.74. The molecule has 11 heteroatoms. The van der Waals surface area contributed by atoms with Crippen LogP contribution >= 0.6 is 0 Å². The minimum absolute atomic E-state index is 0.0184. The zero-order chi connectivity index (χ0) is 31.1. The standard InChI is InChI=1S/C31H39N3O7S/c1-22(2)27-19-25(11-12-28(27)40-26-13-16-33(17-14-26)30(37)41-31(3,4)5)34(42(38,39)21-29(35)36)15-7-10-23-8-6-9-24(18-23)20-32/h6-12,18-19,22,26H,13-17,21H2,1-5H3,(H,35,36). The van der Waals surface area contributed by atoms with Gasteiger partial charge in [-0.2, -0.15) is 5.26 Å². The van der Waals surface area contributed by atoms with E-state index in [0.717, 1.165) is 9.87 Å². The van der Waals surface area contributed by atoms with Crippen molar-refractivity contribution in [1.29, 1.82) is 5.26 Å². The number of carbonyl (C=O) groups is 2. The lowest BCUT2D eigenvalue weighted by Crippen LogP contribution is -2.44. The Kier molecular flexibility index (Phi) is 10.6. The zero-order valence-electron chi connectivity index (χ0n) is 24.7. The first-order valence-corrected chi connectivity index (χ1v) is 15.5. The Morgan fingerprint density at radius 1 is 1.17 bits per heavy atom. The number of ether oxygens (including phenoxy) is 2. The second kappa shape index (κ2) is 13.7. The Morgan fingerprint density at radius 2 is 1.86 bits per heavy atom. The van der Waals surface area contributed by atoms with Gasteiger partial charge in [-0.1, -0.05) is 38.1 Å². The van der Waals surface area contributed by atoms with Gasteiger partial charge in [0.15, 0.2) is 5.75 Å². The molecule has 0 saturated carbocycles. The molecule has 0 radical (unpaired) electrons. The highest BCUT2D eigenvalue weighted by Gasteiger charge is 2.29. The monoisotopic (exact) mass is 597 g/mol. The van der Waals surface area contributed by atoms with Crippen LogP contribution in [0.5, 0.6) is 5.75 Å². The van der Waals surface area contributed by atoms with Gasteiger partial charge in [0.2, 0.25) is 10.0 Å². The zero-order valence-corrected chi connectivity index (χ0v) is 25.6. The number of aliphatic carboxylic acids is 1. The summed E-state index contributed by atoms with van der Waals surface area (Å²) in [5.41, 5.74) is 1.72. The van der Waals surface area contributed by atoms with Gasteiger partial charge in [-0.25, -0.2) is 13.2 Å². The van der Waals surface area contributed by atoms with Crippen molar-refractivity contribution in [1.82, 2.24) is 4.90 Å². The number of hydrogen-bond donors (Lipinski definition) is 1. The van der Waals surface area contributed by atoms with Crippen LogP contribution in [0.1, 0.15) is 70.1 Å². The lowest BCUT2D eigenvalue weighted by Gasteiger charge is -2.34. The first-order valence-electron chi connectivity index (χ1n) is 13.9. The van der Waals surface area contributed by atoms with E-state index < -0.39 is 27.3 Å². The van der Waals surface area contributed by atoms with Gasteiger partial charge in [-0.3, -0.25) is 9.10 Å². The second-order valence-electron chi connectivity index (χ2n) is 11.5. The molecule has 1 aliphatic heterocycles. The van der Waals surface area contributed by atoms with Gasteiger partial charge < -0.3 is 19.5 Å². The van der Waals surface area contributed by atoms with Gasteiger partial charge in [0.05, 0.1) is 23.9 Å². The topological polar surface area (TPSA) is 137 Å². The number of nitriles is 1. The lowest BCUT2D eigenvalue weighted by molar-refractivity contribution is -0.134. The fraction of sp³-hybridized carbons (Fsp3) is 0.452. The average Bonchev–Trinajstić information content (AvgIpc) is 2.90. The average molecular weight is 598 g/mol. The van der Waals surface area contributed by atoms with E-state index in [2.05, 4.69) is 6.07 Å². The first kappa shape index (κ1) is 32.5. The number of likely N-dealkylation sites (tertiary alicyclic amines) is 1. The van der Waals surface area contributed by atoms with Crippen molar-refractivity contribution < 1.29 is 32.6 Å². The number of carbonyl (C=O) groups excluding carboxylic acids is 1. The summed E-state index contributed by atoms with van der Waals surface area (Å²) in [7, 11) is -4.21. The van der Waals surface area contributed by atoms with Gasteiger partial charge in [-0.15, -0.1) is 0 Å². The van der Waals surface area contributed by atoms with Gasteiger partial charge in [-0.05, 0) is 68.1 Å². The number of sulfonamides is 1. The van der Waals surface area contributed by atoms with Crippen LogP contribution in [0.25, 0.3) is 6.08 Å². The van der Waals surface area contributed by atoms with Crippen molar-refractivity contribution >= 4 is 33.8 Å². The van der Waals surface area contributed by atoms with Crippen LogP contribution < -0.4 is 9.04 Å². The van der Waals surface area contributed by atoms with Crippen LogP contribution in [0.2, 0.25) is 0 Å². The Labute approximate surface area is 248 Å². The number of benzene rings is 2. The largest absolute Gasteiger partial charge is 0.490 e. The van der Waals surface area contributed by atoms with Crippen molar-refractivity contribution in [2.75, 3.05) is 29.7 Å². The number of carboxylic acid groups (broad SMARTS) is 1. The van der Waals surface area contributed by atoms with Gasteiger partial charge in [0.1, 0.15) is 17.5 Å². The van der Waals surface area contributed by atoms with Crippen LogP contribution in [0.3, 0.4) is 0 Å². The van der Waals surface area contributed by atoms with Gasteiger partial charge in [0.25, 0.3) is 0 Å². The van der Waals surface area contributed by atoms with Crippen LogP contribution in [0.4, 0.5) is 10.5 Å². The van der Waals surface area contributed by atoms with Crippen LogP contribution in [-0.4, -0.2) is 67.6 Å². The Morgan fingerprint density at radius 3 is 2.45 bits per heavy atom. The maximum atomic E-state index is 13.1. The number of rotatable bonds is 10. The van der Waals surface area contributed by atoms with E-state index in [-0.39, 0.29) is 24.7 Å². The van der Waals surface area contributed by atoms with Gasteiger partial charge >= 0.3 is 12.1 Å². The summed E-state index contributed by atoms with van der Waals surface area (Å²) in [6.45, 7) is 10.3. The number of carboxylic acids is 1. The van der Waals surface area contributed by atoms with E-state index in [1.807, 2.05) is 34.6 Å². The maximum absolute atomic E-state index is 13.1. The number of nitrogens with zero attached hydrogens (tertiary/aromatic N) is 3. The molecule has 0 spiro atoms. The molecule has 0 bridgehead atoms. The summed E-state index contributed by atoms with van der Waals surface area (Å²) < 4.78 is 39.1. The minimum atomic E-state index is -4.21. The van der Waals surface area contributed by atoms with Crippen molar-refractivity contribution in [3.63, 3.8) is 0 Å². The predicted molar refractivity (Wildman–Crippen MR) is 161 cm³/mol. The number of amides is 1. The summed E-state index contributed by atoms with van der Waals surface area (Å²) >= 11 is 0. The minimum Gasteiger partial charge on any atom is -0.490 e. The highest BCUT2D eigenvalue weighted by molar-refractivity contribution is 7.93. The molecule has 0 aromatic heterocycles. The smallest absolute Gasteiger partial charge is 0.410 e. The normalized spacial score (nSPS) is 14.5. The second-order valence-corrected chi connectivity index (χ2v) is 13.4. The van der Waals surface area contributed by atoms with Crippen LogP contribution in [-0.2, 0) is 19.6 Å². The molecule has 1 amide bonds. The van der Waals surface area contributed by atoms with E-state index in [4.69, 9.17) is 14.7 Å². The predicted octanol–water partition coefficient (Wildman–Crippen LogP) is 5.39. The molecule has 0 unspecified atom stereocenters. The highest BCUT2D eigenvalue weighted by atomic mass is 32.2. The summed E-state index contributed by atoms with van der Waals surface area (Å²) in [4.78, 5) is 25.5. The molecule has 10 nitrogen and oxygen atoms in total. The van der Waals surface area contributed by atoms with Crippen molar-refractivity contribution in [3.8, 4) is 11.8 Å². The Balaban J connectivity index is 1.81. The van der Waals surface area contributed by atoms with Crippen molar-refractivity contribution in [2.45, 2.75) is 65.1 Å². The molecule has 2 aromatic rings. The molecule has 0 aliphatic carbocycles. The third-order valence-corrected chi connectivity index (χ3v) is 8.17. The molecule has 3 rings (SSSR count). The molecule has 226 valence electrons. The van der Waals surface area contributed by atoms with E-state index in [1.54, 1.807) is 59.5 Å². The Hall–Kier alpha value is -4.04. The molecule has 1 saturated heterocycles. The van der Waals surface area contributed by atoms with Crippen LogP contribution in [0, 0.1) is 11.3 Å². The fourth-order valence-electron chi connectivity index (χ4n) is 4.52. The van der Waals surface area contributed by atoms with E-state index in [1.165, 1.54) is 0 Å². The van der Waals surface area contributed by atoms with Crippen molar-refractivity contribution in [3.05, 3.63) is 65.2 Å². The van der Waals surface area contributed by atoms with Crippen molar-refractivity contribution in [2.24, 2.45) is 0 Å². The first-order chi connectivity index (χ1) is 19.7. The van der Waals surface area contributed by atoms with E-state index in [9.17, 15) is 23.1 Å². The third-order valence-electron chi connectivity index (χ3n) is 6.53. The van der Waals surface area contributed by atoms with Crippen LogP contribution in [0.15, 0.2) is 48.5 Å². The maximum Gasteiger partial charge on any atom is 0.410 e. The highest BCUT2D eigenvalue weighted by Crippen LogP contribution is 2.34. The quantitative estimate of drug-likeness (QED) is 0.385.